The molecule has 142 valence electrons. The van der Waals surface area contributed by atoms with Crippen LogP contribution in [0.2, 0.25) is 0 Å². The van der Waals surface area contributed by atoms with Gasteiger partial charge in [0, 0.05) is 24.9 Å². The first-order valence-corrected chi connectivity index (χ1v) is 9.26. The summed E-state index contributed by atoms with van der Waals surface area (Å²) in [7, 11) is 1.75. The maximum atomic E-state index is 12.9. The Balaban J connectivity index is 1.67. The average molecular weight is 368 g/mol. The van der Waals surface area contributed by atoms with E-state index in [1.807, 2.05) is 30.3 Å². The van der Waals surface area contributed by atoms with E-state index in [0.29, 0.717) is 11.4 Å². The Bertz CT molecular complexity index is 960. The molecule has 4 rings (SSSR count). The van der Waals surface area contributed by atoms with E-state index in [1.54, 1.807) is 18.7 Å². The molecule has 1 N–H and O–H groups in total. The lowest BCUT2D eigenvalue weighted by Gasteiger charge is -2.30. The van der Waals surface area contributed by atoms with Crippen molar-refractivity contribution in [3.8, 4) is 5.69 Å². The number of carbonyl (C=O) groups excluding carboxylic acids is 2. The van der Waals surface area contributed by atoms with E-state index in [0.717, 1.165) is 19.3 Å². The van der Waals surface area contributed by atoms with Gasteiger partial charge < -0.3 is 15.2 Å². The van der Waals surface area contributed by atoms with Crippen molar-refractivity contribution in [2.45, 2.75) is 26.2 Å². The quantitative estimate of drug-likeness (QED) is 0.865. The minimum atomic E-state index is -1.16. The molecule has 1 aromatic heterocycles. The molecule has 0 unspecified atom stereocenters. The number of carbonyl (C=O) groups is 2. The molecule has 1 amide bonds. The second-order valence-corrected chi connectivity index (χ2v) is 7.63. The number of nitrogens with one attached hydrogen (secondary N) is 1. The zero-order valence-electron chi connectivity index (χ0n) is 15.3. The third-order valence-corrected chi connectivity index (χ3v) is 6.29. The van der Waals surface area contributed by atoms with Crippen LogP contribution in [0.4, 0.5) is 5.69 Å². The number of hydrogen-bond acceptors (Lipinski definition) is 4. The Kier molecular flexibility index (Phi) is 4.17. The molecule has 2 aromatic rings. The first-order chi connectivity index (χ1) is 12.9. The molecular weight excluding hydrogens is 346 g/mol. The number of carboxylic acids is 1. The predicted molar refractivity (Wildman–Crippen MR) is 97.2 cm³/mol. The molecule has 2 fully saturated rings. The largest absolute Gasteiger partial charge is 0.550 e. The minimum Gasteiger partial charge on any atom is -0.550 e. The van der Waals surface area contributed by atoms with Gasteiger partial charge in [-0.15, -0.1) is 0 Å². The lowest BCUT2D eigenvalue weighted by molar-refractivity contribution is -0.314. The highest BCUT2D eigenvalue weighted by atomic mass is 16.4. The lowest BCUT2D eigenvalue weighted by atomic mass is 9.78. The van der Waals surface area contributed by atoms with Crippen LogP contribution in [0.3, 0.4) is 0 Å². The maximum Gasteiger partial charge on any atom is 0.295 e. The summed E-state index contributed by atoms with van der Waals surface area (Å²) < 4.78 is 3.17. The van der Waals surface area contributed by atoms with Crippen LogP contribution in [0.25, 0.3) is 5.69 Å². The normalized spacial score (nSPS) is 26.3. The van der Waals surface area contributed by atoms with Crippen LogP contribution in [-0.2, 0) is 16.6 Å². The maximum absolute atomic E-state index is 12.9. The molecule has 4 atom stereocenters. The van der Waals surface area contributed by atoms with E-state index < -0.39 is 17.8 Å². The van der Waals surface area contributed by atoms with Crippen molar-refractivity contribution in [2.24, 2.45) is 30.7 Å². The summed E-state index contributed by atoms with van der Waals surface area (Å²) in [4.78, 5) is 37.4. The molecule has 2 saturated carbocycles. The van der Waals surface area contributed by atoms with Gasteiger partial charge in [-0.05, 0) is 50.2 Å². The fourth-order valence-electron chi connectivity index (χ4n) is 4.93. The van der Waals surface area contributed by atoms with E-state index in [1.165, 1.54) is 4.68 Å². The third kappa shape index (κ3) is 2.69. The SMILES string of the molecule is Cc1c(NC(=O)[C@@H]2[C@@H]3CC[C@@H](C3)[C@@H]2C(=O)[O-])c(=O)n(-c2ccccc2)n1C. The molecule has 7 heteroatoms. The summed E-state index contributed by atoms with van der Waals surface area (Å²) in [5.41, 5.74) is 1.18. The van der Waals surface area contributed by atoms with Crippen molar-refractivity contribution in [3.05, 3.63) is 46.4 Å². The van der Waals surface area contributed by atoms with Crippen molar-refractivity contribution >= 4 is 17.6 Å². The van der Waals surface area contributed by atoms with E-state index in [9.17, 15) is 19.5 Å². The summed E-state index contributed by atoms with van der Waals surface area (Å²) >= 11 is 0. The van der Waals surface area contributed by atoms with Crippen molar-refractivity contribution < 1.29 is 14.7 Å². The Morgan fingerprint density at radius 1 is 1.11 bits per heavy atom. The van der Waals surface area contributed by atoms with E-state index in [4.69, 9.17) is 0 Å². The summed E-state index contributed by atoms with van der Waals surface area (Å²) in [6.45, 7) is 1.76. The number of benzene rings is 1. The monoisotopic (exact) mass is 368 g/mol. The molecule has 1 aromatic carbocycles. The predicted octanol–water partition coefficient (Wildman–Crippen LogP) is 0.835. The van der Waals surface area contributed by atoms with Crippen LogP contribution in [0.5, 0.6) is 0 Å². The topological polar surface area (TPSA) is 96.2 Å². The van der Waals surface area contributed by atoms with Crippen LogP contribution >= 0.6 is 0 Å². The molecule has 0 aliphatic heterocycles. The van der Waals surface area contributed by atoms with E-state index >= 15 is 0 Å². The van der Waals surface area contributed by atoms with Crippen LogP contribution < -0.4 is 16.0 Å². The average Bonchev–Trinajstić information content (AvgIpc) is 3.32. The smallest absolute Gasteiger partial charge is 0.295 e. The van der Waals surface area contributed by atoms with Gasteiger partial charge in [-0.3, -0.25) is 14.3 Å². The molecule has 7 nitrogen and oxygen atoms in total. The number of carboxylic acid groups (broad SMARTS) is 1. The summed E-state index contributed by atoms with van der Waals surface area (Å²) in [6, 6.07) is 9.16. The van der Waals surface area contributed by atoms with Crippen molar-refractivity contribution in [1.29, 1.82) is 0 Å². The Morgan fingerprint density at radius 3 is 2.37 bits per heavy atom. The first kappa shape index (κ1) is 17.6. The fourth-order valence-corrected chi connectivity index (χ4v) is 4.93. The number of nitrogens with zero attached hydrogens (tertiary/aromatic N) is 2. The van der Waals surface area contributed by atoms with Crippen LogP contribution in [0, 0.1) is 30.6 Å². The van der Waals surface area contributed by atoms with Gasteiger partial charge in [0.1, 0.15) is 5.69 Å². The van der Waals surface area contributed by atoms with Crippen LogP contribution in [-0.4, -0.2) is 21.2 Å². The fraction of sp³-hybridized carbons (Fsp3) is 0.450. The van der Waals surface area contributed by atoms with Crippen LogP contribution in [0.15, 0.2) is 35.1 Å². The number of aliphatic carboxylic acids is 1. The molecule has 0 saturated heterocycles. The summed E-state index contributed by atoms with van der Waals surface area (Å²) in [5, 5.41) is 14.3. The van der Waals surface area contributed by atoms with Gasteiger partial charge in [-0.2, -0.15) is 0 Å². The van der Waals surface area contributed by atoms with Gasteiger partial charge in [0.05, 0.1) is 11.4 Å². The molecule has 2 aliphatic carbocycles. The highest BCUT2D eigenvalue weighted by Gasteiger charge is 2.51. The van der Waals surface area contributed by atoms with Crippen molar-refractivity contribution in [1.82, 2.24) is 9.36 Å². The minimum absolute atomic E-state index is 0.00796. The Labute approximate surface area is 156 Å². The van der Waals surface area contributed by atoms with Gasteiger partial charge in [0.15, 0.2) is 0 Å². The second kappa shape index (κ2) is 6.40. The molecule has 2 bridgehead atoms. The van der Waals surface area contributed by atoms with Gasteiger partial charge in [-0.25, -0.2) is 4.68 Å². The summed E-state index contributed by atoms with van der Waals surface area (Å²) in [5.74, 6) is -2.87. The Morgan fingerprint density at radius 2 is 1.74 bits per heavy atom. The standard InChI is InChI=1S/C20H23N3O4/c1-11-17(19(25)23(22(11)2)14-6-4-3-5-7-14)21-18(24)15-12-8-9-13(10-12)16(15)20(26)27/h3-7,12-13,15-16H,8-10H2,1-2H3,(H,21,24)(H,26,27)/p-1/t12-,13+,15-,16+/m1/s1. The molecule has 27 heavy (non-hydrogen) atoms. The lowest BCUT2D eigenvalue weighted by Crippen LogP contribution is -2.44. The van der Waals surface area contributed by atoms with Gasteiger partial charge >= 0.3 is 0 Å². The molecule has 1 heterocycles. The highest BCUT2D eigenvalue weighted by molar-refractivity contribution is 5.96. The zero-order chi connectivity index (χ0) is 19.3. The number of aromatic nitrogens is 2. The molecular formula is C20H22N3O4-. The highest BCUT2D eigenvalue weighted by Crippen LogP contribution is 2.52. The first-order valence-electron chi connectivity index (χ1n) is 9.26. The second-order valence-electron chi connectivity index (χ2n) is 7.63. The zero-order valence-corrected chi connectivity index (χ0v) is 15.3. The number of rotatable bonds is 4. The molecule has 2 aliphatic rings. The van der Waals surface area contributed by atoms with E-state index in [-0.39, 0.29) is 29.0 Å². The molecule has 0 spiro atoms. The number of fused-ring (bicyclic) bond motifs is 2. The van der Waals surface area contributed by atoms with Crippen molar-refractivity contribution in [2.75, 3.05) is 5.32 Å². The third-order valence-electron chi connectivity index (χ3n) is 6.29. The van der Waals surface area contributed by atoms with Gasteiger partial charge in [0.2, 0.25) is 5.91 Å². The summed E-state index contributed by atoms with van der Waals surface area (Å²) in [6.07, 6.45) is 2.44. The van der Waals surface area contributed by atoms with E-state index in [2.05, 4.69) is 5.32 Å². The van der Waals surface area contributed by atoms with Crippen LogP contribution in [0.1, 0.15) is 25.0 Å². The molecule has 0 radical (unpaired) electrons. The van der Waals surface area contributed by atoms with Gasteiger partial charge in [-0.1, -0.05) is 18.2 Å². The Hall–Kier alpha value is -2.83. The van der Waals surface area contributed by atoms with Crippen molar-refractivity contribution in [3.63, 3.8) is 0 Å². The number of amides is 1. The number of para-hydroxylation sites is 1. The number of anilines is 1. The van der Waals surface area contributed by atoms with Gasteiger partial charge in [0.25, 0.3) is 5.56 Å². The number of hydrogen-bond donors (Lipinski definition) is 1.